The van der Waals surface area contributed by atoms with E-state index in [1.54, 1.807) is 37.3 Å². The van der Waals surface area contributed by atoms with E-state index < -0.39 is 5.97 Å². The van der Waals surface area contributed by atoms with Crippen LogP contribution in [0.1, 0.15) is 65.3 Å². The number of nitrogens with one attached hydrogen (secondary N) is 1. The first-order valence-electron chi connectivity index (χ1n) is 9.03. The number of hydrogen-bond donors (Lipinski definition) is 1. The van der Waals surface area contributed by atoms with Crippen LogP contribution in [0.25, 0.3) is 0 Å². The first-order valence-corrected chi connectivity index (χ1v) is 9.03. The molecule has 0 radical (unpaired) electrons. The molecule has 0 spiro atoms. The quantitative estimate of drug-likeness (QED) is 0.589. The zero-order valence-electron chi connectivity index (χ0n) is 16.5. The smallest absolute Gasteiger partial charge is 0.340 e. The first-order chi connectivity index (χ1) is 12.7. The third-order valence-electron chi connectivity index (χ3n) is 4.37. The van der Waals surface area contributed by atoms with Crippen molar-refractivity contribution >= 4 is 23.3 Å². The SMILES string of the molecule is CCC(=O)Nc1ccc(C(=O)COC(=O)c2cc(C)n(C(C)C)c2C)cc1. The van der Waals surface area contributed by atoms with Gasteiger partial charge in [-0.15, -0.1) is 0 Å². The van der Waals surface area contributed by atoms with Crippen LogP contribution in [-0.4, -0.2) is 28.8 Å². The number of nitrogens with zero attached hydrogens (tertiary/aromatic N) is 1. The molecule has 6 nitrogen and oxygen atoms in total. The van der Waals surface area contributed by atoms with Crippen molar-refractivity contribution in [3.05, 3.63) is 52.8 Å². The molecular formula is C21H26N2O4. The van der Waals surface area contributed by atoms with Crippen molar-refractivity contribution in [1.82, 2.24) is 4.57 Å². The van der Waals surface area contributed by atoms with Crippen molar-refractivity contribution in [2.45, 2.75) is 47.1 Å². The molecule has 27 heavy (non-hydrogen) atoms. The average Bonchev–Trinajstić information content (AvgIpc) is 2.94. The number of ketones is 1. The zero-order valence-corrected chi connectivity index (χ0v) is 16.5. The van der Waals surface area contributed by atoms with Gasteiger partial charge in [0, 0.05) is 35.1 Å². The topological polar surface area (TPSA) is 77.4 Å². The van der Waals surface area contributed by atoms with Crippen molar-refractivity contribution in [3.63, 3.8) is 0 Å². The molecule has 0 aliphatic carbocycles. The number of carbonyl (C=O) groups is 3. The third-order valence-corrected chi connectivity index (χ3v) is 4.37. The summed E-state index contributed by atoms with van der Waals surface area (Å²) in [5.41, 5.74) is 3.33. The maximum atomic E-state index is 12.4. The number of carbonyl (C=O) groups excluding carboxylic acids is 3. The average molecular weight is 370 g/mol. The molecule has 1 aromatic heterocycles. The Morgan fingerprint density at radius 1 is 1.11 bits per heavy atom. The molecule has 0 aliphatic heterocycles. The van der Waals surface area contributed by atoms with Crippen LogP contribution in [0.5, 0.6) is 0 Å². The molecule has 2 rings (SSSR count). The number of aryl methyl sites for hydroxylation is 1. The monoisotopic (exact) mass is 370 g/mol. The summed E-state index contributed by atoms with van der Waals surface area (Å²) in [6.45, 7) is 9.34. The van der Waals surface area contributed by atoms with Crippen LogP contribution in [-0.2, 0) is 9.53 Å². The van der Waals surface area contributed by atoms with Gasteiger partial charge >= 0.3 is 5.97 Å². The van der Waals surface area contributed by atoms with Crippen molar-refractivity contribution in [3.8, 4) is 0 Å². The molecule has 0 saturated carbocycles. The summed E-state index contributed by atoms with van der Waals surface area (Å²) in [6, 6.07) is 8.53. The highest BCUT2D eigenvalue weighted by Gasteiger charge is 2.19. The lowest BCUT2D eigenvalue weighted by molar-refractivity contribution is -0.115. The van der Waals surface area contributed by atoms with Gasteiger partial charge in [0.05, 0.1) is 5.56 Å². The number of benzene rings is 1. The van der Waals surface area contributed by atoms with Gasteiger partial charge in [-0.05, 0) is 58.0 Å². The summed E-state index contributed by atoms with van der Waals surface area (Å²) in [5, 5.41) is 2.71. The van der Waals surface area contributed by atoms with Crippen molar-refractivity contribution < 1.29 is 19.1 Å². The second-order valence-electron chi connectivity index (χ2n) is 6.73. The fourth-order valence-electron chi connectivity index (χ4n) is 3.06. The van der Waals surface area contributed by atoms with Crippen molar-refractivity contribution in [2.24, 2.45) is 0 Å². The van der Waals surface area contributed by atoms with E-state index in [2.05, 4.69) is 9.88 Å². The van der Waals surface area contributed by atoms with E-state index >= 15 is 0 Å². The Balaban J connectivity index is 2.00. The van der Waals surface area contributed by atoms with E-state index in [1.807, 2.05) is 27.7 Å². The number of Topliss-reactive ketones (excluding diaryl/α,β-unsaturated/α-hetero) is 1. The Morgan fingerprint density at radius 2 is 1.74 bits per heavy atom. The Kier molecular flexibility index (Phi) is 6.55. The number of amides is 1. The summed E-state index contributed by atoms with van der Waals surface area (Å²) in [7, 11) is 0. The third kappa shape index (κ3) is 4.84. The fraction of sp³-hybridized carbons (Fsp3) is 0.381. The zero-order chi connectivity index (χ0) is 20.1. The molecule has 6 heteroatoms. The number of anilines is 1. The van der Waals surface area contributed by atoms with E-state index in [9.17, 15) is 14.4 Å². The Hall–Kier alpha value is -2.89. The highest BCUT2D eigenvalue weighted by atomic mass is 16.5. The van der Waals surface area contributed by atoms with Crippen LogP contribution in [0.15, 0.2) is 30.3 Å². The van der Waals surface area contributed by atoms with Gasteiger partial charge in [-0.25, -0.2) is 4.79 Å². The van der Waals surface area contributed by atoms with Crippen LogP contribution in [0.3, 0.4) is 0 Å². The second-order valence-corrected chi connectivity index (χ2v) is 6.73. The van der Waals surface area contributed by atoms with Crippen LogP contribution in [0.2, 0.25) is 0 Å². The molecular weight excluding hydrogens is 344 g/mol. The van der Waals surface area contributed by atoms with E-state index in [0.717, 1.165) is 11.4 Å². The highest BCUT2D eigenvalue weighted by Crippen LogP contribution is 2.21. The van der Waals surface area contributed by atoms with Gasteiger partial charge < -0.3 is 14.6 Å². The highest BCUT2D eigenvalue weighted by molar-refractivity contribution is 6.00. The normalized spacial score (nSPS) is 10.7. The molecule has 1 aromatic carbocycles. The summed E-state index contributed by atoms with van der Waals surface area (Å²) >= 11 is 0. The molecule has 0 atom stereocenters. The molecule has 0 aliphatic rings. The van der Waals surface area contributed by atoms with E-state index in [4.69, 9.17) is 4.74 Å². The van der Waals surface area contributed by atoms with Gasteiger partial charge in [-0.1, -0.05) is 6.92 Å². The number of esters is 1. The summed E-state index contributed by atoms with van der Waals surface area (Å²) in [4.78, 5) is 36.0. The predicted molar refractivity (Wildman–Crippen MR) is 104 cm³/mol. The van der Waals surface area contributed by atoms with Gasteiger partial charge in [0.25, 0.3) is 0 Å². The summed E-state index contributed by atoms with van der Waals surface area (Å²) in [5.74, 6) is -0.897. The molecule has 1 N–H and O–H groups in total. The maximum Gasteiger partial charge on any atom is 0.340 e. The standard InChI is InChI=1S/C21H26N2O4/c1-6-20(25)22-17-9-7-16(8-10-17)19(24)12-27-21(26)18-11-14(4)23(13(2)3)15(18)5/h7-11,13H,6,12H2,1-5H3,(H,22,25). The summed E-state index contributed by atoms with van der Waals surface area (Å²) < 4.78 is 7.27. The molecule has 0 unspecified atom stereocenters. The molecule has 0 fully saturated rings. The lowest BCUT2D eigenvalue weighted by Crippen LogP contribution is -2.15. The molecule has 1 heterocycles. The molecule has 2 aromatic rings. The van der Waals surface area contributed by atoms with E-state index in [1.165, 1.54) is 0 Å². The van der Waals surface area contributed by atoms with Gasteiger partial charge in [-0.2, -0.15) is 0 Å². The lowest BCUT2D eigenvalue weighted by atomic mass is 10.1. The van der Waals surface area contributed by atoms with Gasteiger partial charge in [0.2, 0.25) is 5.91 Å². The first kappa shape index (κ1) is 20.4. The van der Waals surface area contributed by atoms with E-state index in [-0.39, 0.29) is 24.3 Å². The second kappa shape index (κ2) is 8.66. The molecule has 144 valence electrons. The fourth-order valence-corrected chi connectivity index (χ4v) is 3.06. The number of aromatic nitrogens is 1. The largest absolute Gasteiger partial charge is 0.454 e. The lowest BCUT2D eigenvalue weighted by Gasteiger charge is -2.13. The molecule has 0 bridgehead atoms. The van der Waals surface area contributed by atoms with Gasteiger partial charge in [0.1, 0.15) is 0 Å². The Labute approximate surface area is 159 Å². The maximum absolute atomic E-state index is 12.4. The Bertz CT molecular complexity index is 848. The number of rotatable bonds is 7. The van der Waals surface area contributed by atoms with E-state index in [0.29, 0.717) is 23.2 Å². The predicted octanol–water partition coefficient (Wildman–Crippen LogP) is 4.07. The minimum Gasteiger partial charge on any atom is -0.454 e. The van der Waals surface area contributed by atoms with Crippen molar-refractivity contribution in [2.75, 3.05) is 11.9 Å². The minimum atomic E-state index is -0.504. The minimum absolute atomic E-state index is 0.0954. The Morgan fingerprint density at radius 3 is 2.26 bits per heavy atom. The molecule has 1 amide bonds. The molecule has 0 saturated heterocycles. The van der Waals surface area contributed by atoms with Crippen LogP contribution >= 0.6 is 0 Å². The number of hydrogen-bond acceptors (Lipinski definition) is 4. The summed E-state index contributed by atoms with van der Waals surface area (Å²) in [6.07, 6.45) is 0.383. The number of ether oxygens (including phenoxy) is 1. The van der Waals surface area contributed by atoms with Crippen LogP contribution in [0.4, 0.5) is 5.69 Å². The van der Waals surface area contributed by atoms with Gasteiger partial charge in [-0.3, -0.25) is 9.59 Å². The van der Waals surface area contributed by atoms with Crippen molar-refractivity contribution in [1.29, 1.82) is 0 Å². The van der Waals surface area contributed by atoms with Gasteiger partial charge in [0.15, 0.2) is 12.4 Å². The van der Waals surface area contributed by atoms with Crippen LogP contribution in [0, 0.1) is 13.8 Å². The van der Waals surface area contributed by atoms with Crippen LogP contribution < -0.4 is 5.32 Å².